The van der Waals surface area contributed by atoms with Gasteiger partial charge in [-0.05, 0) is 11.6 Å². The molecule has 1 N–H and O–H groups in total. The van der Waals surface area contributed by atoms with Gasteiger partial charge < -0.3 is 10.1 Å². The van der Waals surface area contributed by atoms with Crippen LogP contribution in [0.25, 0.3) is 10.8 Å². The van der Waals surface area contributed by atoms with Crippen molar-refractivity contribution < 1.29 is 14.3 Å². The Morgan fingerprint density at radius 1 is 1.07 bits per heavy atom. The number of hydrogen-bond acceptors (Lipinski definition) is 5. The van der Waals surface area contributed by atoms with Crippen molar-refractivity contribution in [3.05, 3.63) is 76.2 Å². The van der Waals surface area contributed by atoms with Gasteiger partial charge in [-0.1, -0.05) is 48.5 Å². The average Bonchev–Trinajstić information content (AvgIpc) is 2.70. The molecule has 0 fully saturated rings. The van der Waals surface area contributed by atoms with Crippen LogP contribution in [0.2, 0.25) is 0 Å². The first-order chi connectivity index (χ1) is 13.0. The van der Waals surface area contributed by atoms with E-state index in [-0.39, 0.29) is 17.7 Å². The summed E-state index contributed by atoms with van der Waals surface area (Å²) in [6.45, 7) is 0. The molecule has 0 aliphatic carbocycles. The third-order valence-corrected chi connectivity index (χ3v) is 4.28. The number of methoxy groups -OCH3 is 1. The highest BCUT2D eigenvalue weighted by Crippen LogP contribution is 2.19. The first kappa shape index (κ1) is 18.3. The van der Waals surface area contributed by atoms with Gasteiger partial charge >= 0.3 is 5.97 Å². The van der Waals surface area contributed by atoms with Crippen LogP contribution in [0.4, 0.5) is 0 Å². The predicted molar refractivity (Wildman–Crippen MR) is 100 cm³/mol. The first-order valence-electron chi connectivity index (χ1n) is 8.40. The van der Waals surface area contributed by atoms with Gasteiger partial charge in [0.1, 0.15) is 0 Å². The normalized spacial score (nSPS) is 11.8. The summed E-state index contributed by atoms with van der Waals surface area (Å²) in [6, 6.07) is 15.4. The number of amides is 1. The van der Waals surface area contributed by atoms with Gasteiger partial charge in [0, 0.05) is 12.4 Å². The number of hydrogen-bond donors (Lipinski definition) is 1. The largest absolute Gasteiger partial charge is 0.469 e. The maximum Gasteiger partial charge on any atom is 0.307 e. The molecule has 3 rings (SSSR count). The molecular formula is C20H19N3O4. The zero-order chi connectivity index (χ0) is 19.4. The second-order valence-corrected chi connectivity index (χ2v) is 6.04. The number of carbonyl (C=O) groups is 2. The zero-order valence-corrected chi connectivity index (χ0v) is 15.0. The maximum absolute atomic E-state index is 12.9. The summed E-state index contributed by atoms with van der Waals surface area (Å²) in [7, 11) is 2.79. The Kier molecular flexibility index (Phi) is 5.30. The molecule has 138 valence electrons. The van der Waals surface area contributed by atoms with Gasteiger partial charge in [0.2, 0.25) is 0 Å². The van der Waals surface area contributed by atoms with E-state index in [1.54, 1.807) is 24.3 Å². The number of aromatic nitrogens is 2. The van der Waals surface area contributed by atoms with Gasteiger partial charge in [-0.15, -0.1) is 0 Å². The highest BCUT2D eigenvalue weighted by molar-refractivity contribution is 6.05. The molecule has 1 heterocycles. The lowest BCUT2D eigenvalue weighted by atomic mass is 10.0. The summed E-state index contributed by atoms with van der Waals surface area (Å²) >= 11 is 0. The average molecular weight is 365 g/mol. The van der Waals surface area contributed by atoms with E-state index in [4.69, 9.17) is 4.74 Å². The Morgan fingerprint density at radius 3 is 2.37 bits per heavy atom. The van der Waals surface area contributed by atoms with Crippen molar-refractivity contribution in [2.24, 2.45) is 7.05 Å². The molecule has 0 spiro atoms. The fourth-order valence-electron chi connectivity index (χ4n) is 2.88. The minimum Gasteiger partial charge on any atom is -0.469 e. The summed E-state index contributed by atoms with van der Waals surface area (Å²) in [5.41, 5.74) is 0.611. The number of nitrogens with one attached hydrogen (secondary N) is 1. The minimum absolute atomic E-state index is 0.0179. The van der Waals surface area contributed by atoms with Crippen LogP contribution in [0.3, 0.4) is 0 Å². The zero-order valence-electron chi connectivity index (χ0n) is 15.0. The Bertz CT molecular complexity index is 1040. The quantitative estimate of drug-likeness (QED) is 0.698. The molecule has 2 aromatic carbocycles. The Balaban J connectivity index is 1.99. The van der Waals surface area contributed by atoms with E-state index >= 15 is 0 Å². The molecule has 0 bridgehead atoms. The summed E-state index contributed by atoms with van der Waals surface area (Å²) in [6.07, 6.45) is -0.0179. The van der Waals surface area contributed by atoms with E-state index in [9.17, 15) is 14.4 Å². The lowest BCUT2D eigenvalue weighted by Gasteiger charge is -2.18. The number of ether oxygens (including phenoxy) is 1. The van der Waals surface area contributed by atoms with Crippen molar-refractivity contribution in [1.29, 1.82) is 0 Å². The Morgan fingerprint density at radius 2 is 1.70 bits per heavy atom. The van der Waals surface area contributed by atoms with Crippen LogP contribution < -0.4 is 10.9 Å². The number of carbonyl (C=O) groups excluding carboxylic acids is 2. The van der Waals surface area contributed by atoms with E-state index in [0.29, 0.717) is 10.8 Å². The van der Waals surface area contributed by atoms with E-state index in [0.717, 1.165) is 10.2 Å². The van der Waals surface area contributed by atoms with Gasteiger partial charge in [-0.25, -0.2) is 4.68 Å². The molecule has 7 nitrogen and oxygen atoms in total. The molecule has 1 atom stereocenters. The molecule has 1 amide bonds. The molecule has 0 saturated carbocycles. The number of benzene rings is 2. The van der Waals surface area contributed by atoms with E-state index in [1.165, 1.54) is 14.2 Å². The standard InChI is InChI=1S/C20H19N3O4/c1-23-20(26)15-11-7-6-10-14(15)18(22-23)19(25)21-16(12-17(24)27-2)13-8-4-3-5-9-13/h3-11,16H,12H2,1-2H3,(H,21,25)/t16-/m0/s1. The second-order valence-electron chi connectivity index (χ2n) is 6.04. The number of rotatable bonds is 5. The molecule has 0 saturated heterocycles. The van der Waals surface area contributed by atoms with Crippen LogP contribution in [-0.4, -0.2) is 28.8 Å². The third-order valence-electron chi connectivity index (χ3n) is 4.28. The summed E-state index contributed by atoms with van der Waals surface area (Å²) < 4.78 is 5.88. The number of nitrogens with zero attached hydrogens (tertiary/aromatic N) is 2. The SMILES string of the molecule is COC(=O)C[C@H](NC(=O)c1nn(C)c(=O)c2ccccc12)c1ccccc1. The second kappa shape index (κ2) is 7.82. The monoisotopic (exact) mass is 365 g/mol. The summed E-state index contributed by atoms with van der Waals surface area (Å²) in [5, 5.41) is 7.83. The number of fused-ring (bicyclic) bond motifs is 1. The van der Waals surface area contributed by atoms with Crippen molar-refractivity contribution in [1.82, 2.24) is 15.1 Å². The molecule has 0 aliphatic heterocycles. The van der Waals surface area contributed by atoms with Gasteiger partial charge in [-0.2, -0.15) is 5.10 Å². The van der Waals surface area contributed by atoms with Crippen LogP contribution in [-0.2, 0) is 16.6 Å². The third kappa shape index (κ3) is 3.87. The van der Waals surface area contributed by atoms with E-state index < -0.39 is 17.9 Å². The van der Waals surface area contributed by atoms with Gasteiger partial charge in [0.05, 0.1) is 25.0 Å². The molecule has 0 radical (unpaired) electrons. The molecule has 1 aromatic heterocycles. The number of esters is 1. The van der Waals surface area contributed by atoms with Crippen LogP contribution in [0.15, 0.2) is 59.4 Å². The topological polar surface area (TPSA) is 90.3 Å². The van der Waals surface area contributed by atoms with Gasteiger partial charge in [0.15, 0.2) is 5.69 Å². The Hall–Kier alpha value is -3.48. The van der Waals surface area contributed by atoms with Crippen molar-refractivity contribution in [3.63, 3.8) is 0 Å². The van der Waals surface area contributed by atoms with Crippen LogP contribution in [0.5, 0.6) is 0 Å². The first-order valence-corrected chi connectivity index (χ1v) is 8.40. The van der Waals surface area contributed by atoms with Crippen LogP contribution in [0, 0.1) is 0 Å². The Labute approximate surface area is 155 Å². The van der Waals surface area contributed by atoms with Crippen molar-refractivity contribution in [2.45, 2.75) is 12.5 Å². The van der Waals surface area contributed by atoms with Crippen molar-refractivity contribution in [2.75, 3.05) is 7.11 Å². The van der Waals surface area contributed by atoms with Crippen molar-refractivity contribution in [3.8, 4) is 0 Å². The highest BCUT2D eigenvalue weighted by atomic mass is 16.5. The molecule has 3 aromatic rings. The summed E-state index contributed by atoms with van der Waals surface area (Å²) in [4.78, 5) is 37.0. The molecule has 27 heavy (non-hydrogen) atoms. The molecular weight excluding hydrogens is 346 g/mol. The summed E-state index contributed by atoms with van der Waals surface area (Å²) in [5.74, 6) is -0.915. The van der Waals surface area contributed by atoms with Gasteiger partial charge in [-0.3, -0.25) is 14.4 Å². The predicted octanol–water partition coefficient (Wildman–Crippen LogP) is 1.97. The fourth-order valence-corrected chi connectivity index (χ4v) is 2.88. The fraction of sp³-hybridized carbons (Fsp3) is 0.200. The molecule has 7 heteroatoms. The number of aryl methyl sites for hydroxylation is 1. The van der Waals surface area contributed by atoms with E-state index in [1.807, 2.05) is 30.3 Å². The van der Waals surface area contributed by atoms with Crippen molar-refractivity contribution >= 4 is 22.6 Å². The lowest BCUT2D eigenvalue weighted by Crippen LogP contribution is -2.33. The van der Waals surface area contributed by atoms with Gasteiger partial charge in [0.25, 0.3) is 11.5 Å². The van der Waals surface area contributed by atoms with E-state index in [2.05, 4.69) is 10.4 Å². The lowest BCUT2D eigenvalue weighted by molar-refractivity contribution is -0.141. The molecule has 0 unspecified atom stereocenters. The highest BCUT2D eigenvalue weighted by Gasteiger charge is 2.22. The smallest absolute Gasteiger partial charge is 0.307 e. The van der Waals surface area contributed by atoms with Crippen LogP contribution >= 0.6 is 0 Å². The minimum atomic E-state index is -0.580. The molecule has 0 aliphatic rings. The van der Waals surface area contributed by atoms with Crippen LogP contribution in [0.1, 0.15) is 28.5 Å². The maximum atomic E-state index is 12.9.